The normalized spacial score (nSPS) is 11.2. The Labute approximate surface area is 216 Å². The minimum atomic E-state index is -4.08. The predicted octanol–water partition coefficient (Wildman–Crippen LogP) is 5.36. The van der Waals surface area contributed by atoms with Crippen LogP contribution in [0.3, 0.4) is 0 Å². The molecule has 4 rings (SSSR count). The van der Waals surface area contributed by atoms with Crippen LogP contribution in [0.2, 0.25) is 0 Å². The lowest BCUT2D eigenvalue weighted by molar-refractivity contribution is -0.146. The summed E-state index contributed by atoms with van der Waals surface area (Å²) in [6.07, 6.45) is 1.36. The maximum absolute atomic E-state index is 14.1. The Bertz CT molecular complexity index is 1560. The van der Waals surface area contributed by atoms with Crippen molar-refractivity contribution in [2.45, 2.75) is 25.7 Å². The summed E-state index contributed by atoms with van der Waals surface area (Å²) in [4.78, 5) is 25.7. The summed E-state index contributed by atoms with van der Waals surface area (Å²) in [5.41, 5.74) is 2.29. The number of esters is 2. The lowest BCUT2D eigenvalue weighted by Gasteiger charge is -2.14. The zero-order valence-electron chi connectivity index (χ0n) is 20.8. The van der Waals surface area contributed by atoms with E-state index >= 15 is 0 Å². The van der Waals surface area contributed by atoms with E-state index in [9.17, 15) is 18.0 Å². The average Bonchev–Trinajstić information content (AvgIpc) is 3.23. The smallest absolute Gasteiger partial charge is 0.345 e. The molecule has 3 aromatic carbocycles. The number of ether oxygens (including phenoxy) is 2. The molecular weight excluding hydrogens is 490 g/mol. The average molecular weight is 518 g/mol. The van der Waals surface area contributed by atoms with Gasteiger partial charge in [0.15, 0.2) is 0 Å². The molecule has 190 valence electrons. The van der Waals surface area contributed by atoms with Crippen LogP contribution < -0.4 is 0 Å². The van der Waals surface area contributed by atoms with Crippen LogP contribution in [-0.4, -0.2) is 37.5 Å². The molecular formula is C29H27NO6S. The Morgan fingerprint density at radius 3 is 1.97 bits per heavy atom. The van der Waals surface area contributed by atoms with Gasteiger partial charge in [-0.2, -0.15) is 0 Å². The largest absolute Gasteiger partial charge is 0.462 e. The van der Waals surface area contributed by atoms with Crippen LogP contribution in [0.25, 0.3) is 28.2 Å². The molecule has 0 unspecified atom stereocenters. The van der Waals surface area contributed by atoms with E-state index in [2.05, 4.69) is 0 Å². The molecule has 0 N–H and O–H groups in total. The molecule has 0 aliphatic carbocycles. The Balaban J connectivity index is 2.13. The summed E-state index contributed by atoms with van der Waals surface area (Å²) in [6, 6.07) is 22.5. The predicted molar refractivity (Wildman–Crippen MR) is 142 cm³/mol. The van der Waals surface area contributed by atoms with Gasteiger partial charge < -0.3 is 9.47 Å². The van der Waals surface area contributed by atoms with Crippen LogP contribution >= 0.6 is 0 Å². The van der Waals surface area contributed by atoms with E-state index in [0.717, 1.165) is 5.56 Å². The molecule has 0 atom stereocenters. The molecule has 0 aliphatic heterocycles. The van der Waals surface area contributed by atoms with Gasteiger partial charge in [-0.15, -0.1) is 0 Å². The van der Waals surface area contributed by atoms with Crippen LogP contribution in [0.15, 0.2) is 89.3 Å². The van der Waals surface area contributed by atoms with Crippen LogP contribution in [0.5, 0.6) is 0 Å². The summed E-state index contributed by atoms with van der Waals surface area (Å²) in [5, 5.41) is 0.545. The number of aryl methyl sites for hydroxylation is 1. The molecule has 0 spiro atoms. The van der Waals surface area contributed by atoms with Crippen molar-refractivity contribution in [3.8, 4) is 11.3 Å². The zero-order valence-corrected chi connectivity index (χ0v) is 21.6. The highest BCUT2D eigenvalue weighted by atomic mass is 32.2. The number of benzene rings is 3. The lowest BCUT2D eigenvalue weighted by atomic mass is 10.0. The number of aromatic nitrogens is 1. The van der Waals surface area contributed by atoms with Crippen LogP contribution in [0.1, 0.15) is 25.0 Å². The standard InChI is InChI=1S/C29H27NO6S/c1-4-35-28(31)25(29(32)36-5-2)19-24-23-13-9-10-14-26(23)30(27(24)21-11-7-6-8-12-21)37(33,34)22-17-15-20(3)16-18-22/h6-19H,4-5H2,1-3H3. The third-order valence-electron chi connectivity index (χ3n) is 5.76. The number of carbonyl (C=O) groups excluding carboxylic acids is 2. The fourth-order valence-electron chi connectivity index (χ4n) is 4.08. The first-order valence-electron chi connectivity index (χ1n) is 11.9. The van der Waals surface area contributed by atoms with Gasteiger partial charge in [0.1, 0.15) is 5.57 Å². The summed E-state index contributed by atoms with van der Waals surface area (Å²) in [5.74, 6) is -1.70. The van der Waals surface area contributed by atoms with E-state index in [-0.39, 0.29) is 23.7 Å². The highest BCUT2D eigenvalue weighted by Crippen LogP contribution is 2.38. The Morgan fingerprint density at radius 2 is 1.38 bits per heavy atom. The molecule has 8 heteroatoms. The zero-order chi connectivity index (χ0) is 26.6. The number of para-hydroxylation sites is 1. The second-order valence-corrected chi connectivity index (χ2v) is 10.0. The minimum Gasteiger partial charge on any atom is -0.462 e. The van der Waals surface area contributed by atoms with E-state index in [4.69, 9.17) is 9.47 Å². The first kappa shape index (κ1) is 25.9. The second-order valence-electron chi connectivity index (χ2n) is 8.23. The summed E-state index contributed by atoms with van der Waals surface area (Å²) < 4.78 is 39.7. The van der Waals surface area contributed by atoms with Crippen molar-refractivity contribution in [1.29, 1.82) is 0 Å². The molecule has 0 amide bonds. The molecule has 0 fully saturated rings. The molecule has 0 saturated heterocycles. The minimum absolute atomic E-state index is 0.0602. The quantitative estimate of drug-likeness (QED) is 0.135. The van der Waals surface area contributed by atoms with Crippen molar-refractivity contribution in [3.63, 3.8) is 0 Å². The molecule has 4 aromatic rings. The Morgan fingerprint density at radius 1 is 0.811 bits per heavy atom. The van der Waals surface area contributed by atoms with Crippen molar-refractivity contribution < 1.29 is 27.5 Å². The van der Waals surface area contributed by atoms with Gasteiger partial charge in [-0.3, -0.25) is 0 Å². The highest BCUT2D eigenvalue weighted by molar-refractivity contribution is 7.90. The van der Waals surface area contributed by atoms with Crippen molar-refractivity contribution >= 4 is 38.9 Å². The van der Waals surface area contributed by atoms with Gasteiger partial charge >= 0.3 is 11.9 Å². The summed E-state index contributed by atoms with van der Waals surface area (Å²) in [6.45, 7) is 5.27. The number of carbonyl (C=O) groups is 2. The van der Waals surface area contributed by atoms with Crippen molar-refractivity contribution in [3.05, 3.63) is 95.6 Å². The van der Waals surface area contributed by atoms with E-state index in [0.29, 0.717) is 27.7 Å². The van der Waals surface area contributed by atoms with Crippen molar-refractivity contribution in [2.75, 3.05) is 13.2 Å². The Kier molecular flexibility index (Phi) is 7.59. The molecule has 1 heterocycles. The third-order valence-corrected chi connectivity index (χ3v) is 7.48. The van der Waals surface area contributed by atoms with Gasteiger partial charge in [0.05, 0.1) is 29.3 Å². The fourth-order valence-corrected chi connectivity index (χ4v) is 5.63. The van der Waals surface area contributed by atoms with Gasteiger partial charge in [0.25, 0.3) is 10.0 Å². The van der Waals surface area contributed by atoms with Gasteiger partial charge in [0.2, 0.25) is 0 Å². The molecule has 0 aliphatic rings. The first-order valence-corrected chi connectivity index (χ1v) is 13.3. The molecule has 0 bridgehead atoms. The lowest BCUT2D eigenvalue weighted by Crippen LogP contribution is -2.18. The first-order chi connectivity index (χ1) is 17.8. The molecule has 37 heavy (non-hydrogen) atoms. The monoisotopic (exact) mass is 517 g/mol. The van der Waals surface area contributed by atoms with Gasteiger partial charge in [-0.05, 0) is 50.6 Å². The van der Waals surface area contributed by atoms with E-state index in [1.54, 1.807) is 86.6 Å². The van der Waals surface area contributed by atoms with Crippen LogP contribution in [0.4, 0.5) is 0 Å². The number of rotatable bonds is 8. The SMILES string of the molecule is CCOC(=O)C(=Cc1c(-c2ccccc2)n(S(=O)(=O)c2ccc(C)cc2)c2ccccc12)C(=O)OCC. The van der Waals surface area contributed by atoms with E-state index < -0.39 is 22.0 Å². The fraction of sp³-hybridized carbons (Fsp3) is 0.172. The highest BCUT2D eigenvalue weighted by Gasteiger charge is 2.29. The second kappa shape index (κ2) is 10.8. The number of fused-ring (bicyclic) bond motifs is 1. The number of nitrogens with zero attached hydrogens (tertiary/aromatic N) is 1. The number of hydrogen-bond acceptors (Lipinski definition) is 6. The topological polar surface area (TPSA) is 91.7 Å². The maximum atomic E-state index is 14.1. The van der Waals surface area contributed by atoms with Crippen LogP contribution in [0, 0.1) is 6.92 Å². The van der Waals surface area contributed by atoms with E-state index in [1.165, 1.54) is 10.0 Å². The molecule has 0 radical (unpaired) electrons. The molecule has 7 nitrogen and oxygen atoms in total. The third kappa shape index (κ3) is 5.06. The maximum Gasteiger partial charge on any atom is 0.345 e. The van der Waals surface area contributed by atoms with Crippen LogP contribution in [-0.2, 0) is 29.1 Å². The molecule has 1 aromatic heterocycles. The Hall–Kier alpha value is -4.17. The molecule has 0 saturated carbocycles. The van der Waals surface area contributed by atoms with Crippen molar-refractivity contribution in [2.24, 2.45) is 0 Å². The van der Waals surface area contributed by atoms with E-state index in [1.807, 2.05) is 13.0 Å². The van der Waals surface area contributed by atoms with Crippen molar-refractivity contribution in [1.82, 2.24) is 3.97 Å². The summed E-state index contributed by atoms with van der Waals surface area (Å²) in [7, 11) is -4.08. The van der Waals surface area contributed by atoms with Gasteiger partial charge in [0, 0.05) is 10.9 Å². The summed E-state index contributed by atoms with van der Waals surface area (Å²) >= 11 is 0. The van der Waals surface area contributed by atoms with Gasteiger partial charge in [-0.25, -0.2) is 22.0 Å². The number of hydrogen-bond donors (Lipinski definition) is 0. The van der Waals surface area contributed by atoms with Gasteiger partial charge in [-0.1, -0.05) is 66.2 Å².